The second-order valence-electron chi connectivity index (χ2n) is 7.01. The van der Waals surface area contributed by atoms with Gasteiger partial charge in [0.2, 0.25) is 0 Å². The van der Waals surface area contributed by atoms with Gasteiger partial charge in [-0.3, -0.25) is 9.48 Å². The maximum Gasteiger partial charge on any atom is 0.259 e. The van der Waals surface area contributed by atoms with E-state index in [1.54, 1.807) is 17.7 Å². The molecule has 0 fully saturated rings. The standard InChI is InChI=1S/C21H21N5O2/c1-11-7-6-8-17(12(11)2)22-20(27)15-9-18(16-10-26(5)24-13(16)3)23-21-19(15)14(4)25-28-21/h6-10H,1-5H3,(H,22,27). The third kappa shape index (κ3) is 2.94. The van der Waals surface area contributed by atoms with Crippen LogP contribution in [0.3, 0.4) is 0 Å². The number of pyridine rings is 1. The maximum absolute atomic E-state index is 13.2. The summed E-state index contributed by atoms with van der Waals surface area (Å²) in [5, 5.41) is 12.0. The molecule has 1 amide bonds. The van der Waals surface area contributed by atoms with Crippen LogP contribution in [0.1, 0.15) is 32.9 Å². The summed E-state index contributed by atoms with van der Waals surface area (Å²) >= 11 is 0. The molecule has 7 nitrogen and oxygen atoms in total. The molecule has 0 aliphatic carbocycles. The molecule has 0 aliphatic heterocycles. The van der Waals surface area contributed by atoms with Crippen molar-refractivity contribution in [2.75, 3.05) is 5.32 Å². The van der Waals surface area contributed by atoms with Crippen LogP contribution in [0.4, 0.5) is 5.69 Å². The molecular formula is C21H21N5O2. The predicted molar refractivity (Wildman–Crippen MR) is 107 cm³/mol. The van der Waals surface area contributed by atoms with Crippen LogP contribution >= 0.6 is 0 Å². The van der Waals surface area contributed by atoms with Crippen LogP contribution in [0.2, 0.25) is 0 Å². The minimum atomic E-state index is -0.227. The van der Waals surface area contributed by atoms with E-state index in [2.05, 4.69) is 20.6 Å². The fourth-order valence-electron chi connectivity index (χ4n) is 3.34. The van der Waals surface area contributed by atoms with Crippen molar-refractivity contribution >= 4 is 22.7 Å². The third-order valence-electron chi connectivity index (χ3n) is 5.00. The Labute approximate surface area is 162 Å². The highest BCUT2D eigenvalue weighted by molar-refractivity contribution is 6.13. The molecule has 0 atom stereocenters. The van der Waals surface area contributed by atoms with E-state index in [1.165, 1.54) is 0 Å². The van der Waals surface area contributed by atoms with Gasteiger partial charge in [-0.05, 0) is 51.0 Å². The van der Waals surface area contributed by atoms with Crippen molar-refractivity contribution in [2.45, 2.75) is 27.7 Å². The number of benzene rings is 1. The van der Waals surface area contributed by atoms with Crippen LogP contribution in [0.15, 0.2) is 35.0 Å². The van der Waals surface area contributed by atoms with Gasteiger partial charge in [-0.15, -0.1) is 0 Å². The molecule has 0 radical (unpaired) electrons. The van der Waals surface area contributed by atoms with E-state index >= 15 is 0 Å². The number of anilines is 1. The minimum absolute atomic E-state index is 0.227. The summed E-state index contributed by atoms with van der Waals surface area (Å²) in [4.78, 5) is 17.7. The maximum atomic E-state index is 13.2. The summed E-state index contributed by atoms with van der Waals surface area (Å²) in [6.45, 7) is 7.71. The van der Waals surface area contributed by atoms with Crippen LogP contribution in [-0.4, -0.2) is 25.8 Å². The van der Waals surface area contributed by atoms with E-state index in [-0.39, 0.29) is 5.91 Å². The van der Waals surface area contributed by atoms with E-state index in [9.17, 15) is 4.79 Å². The largest absolute Gasteiger partial charge is 0.335 e. The van der Waals surface area contributed by atoms with Crippen molar-refractivity contribution in [2.24, 2.45) is 7.05 Å². The average Bonchev–Trinajstić information content (AvgIpc) is 3.20. The Morgan fingerprint density at radius 3 is 2.64 bits per heavy atom. The van der Waals surface area contributed by atoms with Gasteiger partial charge in [-0.2, -0.15) is 5.10 Å². The molecule has 1 N–H and O–H groups in total. The molecule has 4 rings (SSSR count). The van der Waals surface area contributed by atoms with E-state index in [1.807, 2.05) is 52.2 Å². The second-order valence-corrected chi connectivity index (χ2v) is 7.01. The SMILES string of the molecule is Cc1cccc(NC(=O)c2cc(-c3cn(C)nc3C)nc3onc(C)c23)c1C. The number of aryl methyl sites for hydroxylation is 4. The van der Waals surface area contributed by atoms with Crippen molar-refractivity contribution in [3.63, 3.8) is 0 Å². The third-order valence-corrected chi connectivity index (χ3v) is 5.00. The highest BCUT2D eigenvalue weighted by Gasteiger charge is 2.21. The van der Waals surface area contributed by atoms with Gasteiger partial charge < -0.3 is 9.84 Å². The molecule has 1 aromatic carbocycles. The van der Waals surface area contributed by atoms with Crippen molar-refractivity contribution in [1.82, 2.24) is 19.9 Å². The van der Waals surface area contributed by atoms with Crippen molar-refractivity contribution < 1.29 is 9.32 Å². The van der Waals surface area contributed by atoms with Crippen molar-refractivity contribution in [1.29, 1.82) is 0 Å². The second kappa shape index (κ2) is 6.60. The molecule has 0 spiro atoms. The topological polar surface area (TPSA) is 85.8 Å². The zero-order chi connectivity index (χ0) is 20.0. The fourth-order valence-corrected chi connectivity index (χ4v) is 3.34. The molecular weight excluding hydrogens is 354 g/mol. The molecule has 0 aliphatic rings. The highest BCUT2D eigenvalue weighted by atomic mass is 16.5. The summed E-state index contributed by atoms with van der Waals surface area (Å²) in [5.41, 5.74) is 6.67. The number of nitrogens with zero attached hydrogens (tertiary/aromatic N) is 4. The number of rotatable bonds is 3. The van der Waals surface area contributed by atoms with Crippen LogP contribution < -0.4 is 5.32 Å². The first-order valence-corrected chi connectivity index (χ1v) is 9.00. The normalized spacial score (nSPS) is 11.2. The van der Waals surface area contributed by atoms with E-state index in [0.29, 0.717) is 28.1 Å². The molecule has 142 valence electrons. The Morgan fingerprint density at radius 1 is 1.14 bits per heavy atom. The van der Waals surface area contributed by atoms with Gasteiger partial charge in [0.1, 0.15) is 0 Å². The lowest BCUT2D eigenvalue weighted by atomic mass is 10.0. The van der Waals surface area contributed by atoms with Crippen LogP contribution in [-0.2, 0) is 7.05 Å². The summed E-state index contributed by atoms with van der Waals surface area (Å²) < 4.78 is 7.09. The minimum Gasteiger partial charge on any atom is -0.335 e. The zero-order valence-corrected chi connectivity index (χ0v) is 16.5. The fraction of sp³-hybridized carbons (Fsp3) is 0.238. The van der Waals surface area contributed by atoms with Crippen LogP contribution in [0.5, 0.6) is 0 Å². The monoisotopic (exact) mass is 375 g/mol. The lowest BCUT2D eigenvalue weighted by Crippen LogP contribution is -2.14. The van der Waals surface area contributed by atoms with Gasteiger partial charge in [0.05, 0.1) is 28.0 Å². The molecule has 3 aromatic heterocycles. The Kier molecular flexibility index (Phi) is 4.22. The van der Waals surface area contributed by atoms with E-state index < -0.39 is 0 Å². The number of hydrogen-bond donors (Lipinski definition) is 1. The lowest BCUT2D eigenvalue weighted by Gasteiger charge is -2.11. The first kappa shape index (κ1) is 17.9. The van der Waals surface area contributed by atoms with Gasteiger partial charge in [0, 0.05) is 24.5 Å². The molecule has 3 heterocycles. The van der Waals surface area contributed by atoms with Gasteiger partial charge in [-0.1, -0.05) is 17.3 Å². The number of aromatic nitrogens is 4. The molecule has 4 aromatic rings. The molecule has 28 heavy (non-hydrogen) atoms. The quantitative estimate of drug-likeness (QED) is 0.582. The summed E-state index contributed by atoms with van der Waals surface area (Å²) in [5.74, 6) is -0.227. The molecule has 0 unspecified atom stereocenters. The molecule has 0 bridgehead atoms. The average molecular weight is 375 g/mol. The first-order valence-electron chi connectivity index (χ1n) is 9.00. The molecule has 7 heteroatoms. The Morgan fingerprint density at radius 2 is 1.93 bits per heavy atom. The van der Waals surface area contributed by atoms with Gasteiger partial charge in [0.25, 0.3) is 11.6 Å². The number of hydrogen-bond acceptors (Lipinski definition) is 5. The molecule has 0 saturated heterocycles. The van der Waals surface area contributed by atoms with Crippen LogP contribution in [0.25, 0.3) is 22.4 Å². The number of amides is 1. The lowest BCUT2D eigenvalue weighted by molar-refractivity contribution is 0.102. The summed E-state index contributed by atoms with van der Waals surface area (Å²) in [7, 11) is 1.85. The highest BCUT2D eigenvalue weighted by Crippen LogP contribution is 2.29. The van der Waals surface area contributed by atoms with Gasteiger partial charge in [0.15, 0.2) is 0 Å². The Hall–Kier alpha value is -3.48. The first-order chi connectivity index (χ1) is 13.3. The number of carbonyl (C=O) groups is 1. The summed E-state index contributed by atoms with van der Waals surface area (Å²) in [6, 6.07) is 7.61. The number of fused-ring (bicyclic) bond motifs is 1. The van der Waals surface area contributed by atoms with Crippen molar-refractivity contribution in [3.05, 3.63) is 58.5 Å². The predicted octanol–water partition coefficient (Wildman–Crippen LogP) is 4.11. The summed E-state index contributed by atoms with van der Waals surface area (Å²) in [6.07, 6.45) is 1.87. The number of nitrogens with one attached hydrogen (secondary N) is 1. The van der Waals surface area contributed by atoms with Crippen LogP contribution in [0, 0.1) is 27.7 Å². The Bertz CT molecular complexity index is 1220. The van der Waals surface area contributed by atoms with Gasteiger partial charge >= 0.3 is 0 Å². The number of carbonyl (C=O) groups excluding carboxylic acids is 1. The van der Waals surface area contributed by atoms with Gasteiger partial charge in [-0.25, -0.2) is 4.98 Å². The van der Waals surface area contributed by atoms with E-state index in [4.69, 9.17) is 4.52 Å². The van der Waals surface area contributed by atoms with Crippen molar-refractivity contribution in [3.8, 4) is 11.3 Å². The molecule has 0 saturated carbocycles. The smallest absolute Gasteiger partial charge is 0.259 e. The zero-order valence-electron chi connectivity index (χ0n) is 16.5. The van der Waals surface area contributed by atoms with E-state index in [0.717, 1.165) is 28.1 Å². The Balaban J connectivity index is 1.85.